The number of Topliss-reactive ketones (excluding diaryl/α,β-unsaturated/α-hetero) is 1. The van der Waals surface area contributed by atoms with Gasteiger partial charge in [-0.25, -0.2) is 4.79 Å². The van der Waals surface area contributed by atoms with Crippen LogP contribution in [0.1, 0.15) is 81.8 Å². The number of carbonyl (C=O) groups excluding carboxylic acids is 2. The molecule has 8 nitrogen and oxygen atoms in total. The molecule has 2 unspecified atom stereocenters. The second-order valence-electron chi connectivity index (χ2n) is 11.0. The fourth-order valence-corrected chi connectivity index (χ4v) is 6.36. The zero-order valence-electron chi connectivity index (χ0n) is 24.2. The molecule has 1 fully saturated rings. The van der Waals surface area contributed by atoms with Gasteiger partial charge < -0.3 is 29.4 Å². The number of phenols is 1. The fraction of sp³-hybridized carbons (Fsp3) is 0.455. The molecule has 0 spiro atoms. The van der Waals surface area contributed by atoms with Crippen molar-refractivity contribution in [3.8, 4) is 23.0 Å². The van der Waals surface area contributed by atoms with Crippen LogP contribution >= 0.6 is 0 Å². The van der Waals surface area contributed by atoms with Crippen molar-refractivity contribution < 1.29 is 33.6 Å². The topological polar surface area (TPSA) is 103 Å². The summed E-state index contributed by atoms with van der Waals surface area (Å²) in [5.41, 5.74) is 4.14. The van der Waals surface area contributed by atoms with Gasteiger partial charge in [-0.2, -0.15) is 0 Å². The van der Waals surface area contributed by atoms with E-state index in [2.05, 4.69) is 5.32 Å². The first kappa shape index (κ1) is 28.6. The number of nitrogens with one attached hydrogen (secondary N) is 1. The van der Waals surface area contributed by atoms with E-state index in [1.54, 1.807) is 32.4 Å². The summed E-state index contributed by atoms with van der Waals surface area (Å²) in [6.45, 7) is 4.07. The van der Waals surface area contributed by atoms with E-state index in [0.717, 1.165) is 43.4 Å². The Labute approximate surface area is 241 Å². The minimum atomic E-state index is -0.638. The van der Waals surface area contributed by atoms with Gasteiger partial charge in [0.25, 0.3) is 0 Å². The molecule has 2 atom stereocenters. The number of ketones is 1. The Balaban J connectivity index is 1.55. The van der Waals surface area contributed by atoms with Gasteiger partial charge in [0.05, 0.1) is 26.4 Å². The van der Waals surface area contributed by atoms with Crippen molar-refractivity contribution in [2.45, 2.75) is 76.7 Å². The Kier molecular flexibility index (Phi) is 8.57. The van der Waals surface area contributed by atoms with Gasteiger partial charge in [0.2, 0.25) is 0 Å². The molecule has 5 rings (SSSR count). The number of hydrogen-bond acceptors (Lipinski definition) is 8. The standard InChI is InChI=1S/C33H39NO7/c1-5-40-28-18-21(11-13-25(28)35)31-30(33(37)41-23-9-7-6-8-10-23)19(2)34-24-15-22(16-26(36)32(24)31)20-12-14-27(38-3)29(17-20)39-4/h11-14,17-18,22-23,31,34-35H,5-10,15-16H2,1-4H3. The van der Waals surface area contributed by atoms with Crippen molar-refractivity contribution in [1.82, 2.24) is 5.32 Å². The fourth-order valence-electron chi connectivity index (χ4n) is 6.36. The summed E-state index contributed by atoms with van der Waals surface area (Å²) in [4.78, 5) is 27.8. The summed E-state index contributed by atoms with van der Waals surface area (Å²) in [5, 5.41) is 13.8. The highest BCUT2D eigenvalue weighted by molar-refractivity contribution is 6.04. The third-order valence-electron chi connectivity index (χ3n) is 8.37. The molecule has 1 aliphatic heterocycles. The number of aromatic hydroxyl groups is 1. The van der Waals surface area contributed by atoms with Crippen LogP contribution in [0.3, 0.4) is 0 Å². The quantitative estimate of drug-likeness (QED) is 0.376. The minimum Gasteiger partial charge on any atom is -0.504 e. The maximum Gasteiger partial charge on any atom is 0.337 e. The Morgan fingerprint density at radius 2 is 1.66 bits per heavy atom. The Bertz CT molecular complexity index is 1390. The van der Waals surface area contributed by atoms with Gasteiger partial charge in [-0.05, 0) is 87.3 Å². The van der Waals surface area contributed by atoms with E-state index in [1.165, 1.54) is 0 Å². The molecule has 2 N–H and O–H groups in total. The monoisotopic (exact) mass is 561 g/mol. The molecule has 41 heavy (non-hydrogen) atoms. The number of benzene rings is 2. The lowest BCUT2D eigenvalue weighted by Gasteiger charge is -2.37. The minimum absolute atomic E-state index is 0.00857. The number of hydrogen-bond donors (Lipinski definition) is 2. The van der Waals surface area contributed by atoms with E-state index < -0.39 is 11.9 Å². The molecule has 0 bridgehead atoms. The predicted molar refractivity (Wildman–Crippen MR) is 154 cm³/mol. The van der Waals surface area contributed by atoms with Crippen LogP contribution in [0.25, 0.3) is 0 Å². The zero-order chi connectivity index (χ0) is 29.1. The molecule has 0 radical (unpaired) electrons. The third-order valence-corrected chi connectivity index (χ3v) is 8.37. The van der Waals surface area contributed by atoms with Crippen LogP contribution in [-0.4, -0.2) is 43.8 Å². The van der Waals surface area contributed by atoms with Gasteiger partial charge in [-0.3, -0.25) is 4.79 Å². The molecule has 8 heteroatoms. The lowest BCUT2D eigenvalue weighted by Crippen LogP contribution is -2.37. The average molecular weight is 562 g/mol. The first-order valence-corrected chi connectivity index (χ1v) is 14.5. The number of carbonyl (C=O) groups is 2. The van der Waals surface area contributed by atoms with Crippen LogP contribution in [0, 0.1) is 0 Å². The molecular formula is C33H39NO7. The number of allylic oxidation sites excluding steroid dienone is 3. The van der Waals surface area contributed by atoms with Crippen LogP contribution in [-0.2, 0) is 14.3 Å². The molecule has 0 amide bonds. The summed E-state index contributed by atoms with van der Waals surface area (Å²) in [7, 11) is 3.19. The van der Waals surface area contributed by atoms with Crippen LogP contribution in [0.2, 0.25) is 0 Å². The number of dihydropyridines is 1. The molecule has 2 aromatic carbocycles. The van der Waals surface area contributed by atoms with E-state index in [-0.39, 0.29) is 30.0 Å². The van der Waals surface area contributed by atoms with Gasteiger partial charge in [0, 0.05) is 29.3 Å². The average Bonchev–Trinajstić information content (AvgIpc) is 2.97. The summed E-state index contributed by atoms with van der Waals surface area (Å²) in [6, 6.07) is 10.8. The first-order valence-electron chi connectivity index (χ1n) is 14.5. The highest BCUT2D eigenvalue weighted by Gasteiger charge is 2.42. The molecular weight excluding hydrogens is 522 g/mol. The number of esters is 1. The molecule has 0 saturated heterocycles. The molecule has 1 heterocycles. The van der Waals surface area contributed by atoms with Crippen molar-refractivity contribution in [3.05, 3.63) is 70.1 Å². The van der Waals surface area contributed by atoms with Crippen LogP contribution in [0.4, 0.5) is 0 Å². The second-order valence-corrected chi connectivity index (χ2v) is 11.0. The predicted octanol–water partition coefficient (Wildman–Crippen LogP) is 6.05. The summed E-state index contributed by atoms with van der Waals surface area (Å²) in [6.07, 6.45) is 5.69. The van der Waals surface area contributed by atoms with Crippen LogP contribution in [0.15, 0.2) is 58.9 Å². The summed E-state index contributed by atoms with van der Waals surface area (Å²) >= 11 is 0. The first-order chi connectivity index (χ1) is 19.8. The highest BCUT2D eigenvalue weighted by Crippen LogP contribution is 2.47. The Morgan fingerprint density at radius 3 is 2.37 bits per heavy atom. The molecule has 218 valence electrons. The molecule has 0 aromatic heterocycles. The van der Waals surface area contributed by atoms with Gasteiger partial charge in [-0.1, -0.05) is 18.6 Å². The van der Waals surface area contributed by atoms with Gasteiger partial charge in [0.15, 0.2) is 28.8 Å². The smallest absolute Gasteiger partial charge is 0.337 e. The van der Waals surface area contributed by atoms with Crippen molar-refractivity contribution in [2.24, 2.45) is 0 Å². The molecule has 2 aromatic rings. The van der Waals surface area contributed by atoms with Crippen LogP contribution < -0.4 is 19.5 Å². The van der Waals surface area contributed by atoms with E-state index in [1.807, 2.05) is 32.0 Å². The van der Waals surface area contributed by atoms with E-state index in [4.69, 9.17) is 18.9 Å². The maximum absolute atomic E-state index is 14.0. The number of phenolic OH excluding ortho intramolecular Hbond substituents is 1. The molecule has 3 aliphatic rings. The second kappa shape index (κ2) is 12.3. The van der Waals surface area contributed by atoms with E-state index >= 15 is 0 Å². The Morgan fingerprint density at radius 1 is 0.951 bits per heavy atom. The summed E-state index contributed by atoms with van der Waals surface area (Å²) in [5.74, 6) is 0.417. The highest BCUT2D eigenvalue weighted by atomic mass is 16.5. The van der Waals surface area contributed by atoms with Crippen molar-refractivity contribution in [2.75, 3.05) is 20.8 Å². The Hall–Kier alpha value is -3.94. The third kappa shape index (κ3) is 5.78. The van der Waals surface area contributed by atoms with Crippen molar-refractivity contribution in [3.63, 3.8) is 0 Å². The van der Waals surface area contributed by atoms with Gasteiger partial charge in [0.1, 0.15) is 6.10 Å². The summed E-state index contributed by atoms with van der Waals surface area (Å²) < 4.78 is 22.6. The van der Waals surface area contributed by atoms with Gasteiger partial charge >= 0.3 is 5.97 Å². The largest absolute Gasteiger partial charge is 0.504 e. The maximum atomic E-state index is 14.0. The van der Waals surface area contributed by atoms with Crippen molar-refractivity contribution >= 4 is 11.8 Å². The number of methoxy groups -OCH3 is 2. The van der Waals surface area contributed by atoms with E-state index in [0.29, 0.717) is 52.7 Å². The lowest BCUT2D eigenvalue weighted by molar-refractivity contribution is -0.146. The molecule has 1 saturated carbocycles. The normalized spacial score (nSPS) is 21.2. The van der Waals surface area contributed by atoms with Gasteiger partial charge in [-0.15, -0.1) is 0 Å². The van der Waals surface area contributed by atoms with E-state index in [9.17, 15) is 14.7 Å². The van der Waals surface area contributed by atoms with Crippen LogP contribution in [0.5, 0.6) is 23.0 Å². The number of rotatable bonds is 8. The van der Waals surface area contributed by atoms with Crippen molar-refractivity contribution in [1.29, 1.82) is 0 Å². The zero-order valence-corrected chi connectivity index (χ0v) is 24.2. The molecule has 2 aliphatic carbocycles. The SMILES string of the molecule is CCOc1cc(C2C(C(=O)OC3CCCCC3)=C(C)NC3=C2C(=O)CC(c2ccc(OC)c(OC)c2)C3)ccc1O. The lowest BCUT2D eigenvalue weighted by atomic mass is 9.71. The number of ether oxygens (including phenoxy) is 4.